The number of urea groups is 1. The molecule has 102 valence electrons. The van der Waals surface area contributed by atoms with Crippen LogP contribution in [0.1, 0.15) is 23.3 Å². The zero-order valence-electron chi connectivity index (χ0n) is 10.3. The van der Waals surface area contributed by atoms with Crippen LogP contribution in [0.3, 0.4) is 0 Å². The van der Waals surface area contributed by atoms with E-state index in [0.717, 1.165) is 24.3 Å². The van der Waals surface area contributed by atoms with Crippen LogP contribution < -0.4 is 10.6 Å². The van der Waals surface area contributed by atoms with E-state index in [2.05, 4.69) is 15.6 Å². The fourth-order valence-corrected chi connectivity index (χ4v) is 2.97. The normalized spacial score (nSPS) is 15.8. The lowest BCUT2D eigenvalue weighted by Gasteiger charge is -2.22. The van der Waals surface area contributed by atoms with Crippen LogP contribution in [0.25, 0.3) is 0 Å². The van der Waals surface area contributed by atoms with Gasteiger partial charge in [0.25, 0.3) is 0 Å². The van der Waals surface area contributed by atoms with Gasteiger partial charge in [-0.1, -0.05) is 0 Å². The number of hydrogen-bond donors (Lipinski definition) is 3. The lowest BCUT2D eigenvalue weighted by atomic mass is 10.2. The first kappa shape index (κ1) is 13.7. The number of pyridine rings is 1. The molecular weight excluding hydrogens is 266 g/mol. The van der Waals surface area contributed by atoms with Crippen molar-refractivity contribution in [3.8, 4) is 0 Å². The third kappa shape index (κ3) is 3.85. The lowest BCUT2D eigenvalue weighted by Crippen LogP contribution is -2.40. The number of nitrogens with one attached hydrogen (secondary N) is 2. The van der Waals surface area contributed by atoms with Crippen LogP contribution in [0.5, 0.6) is 0 Å². The first-order valence-electron chi connectivity index (χ1n) is 6.00. The Labute approximate surface area is 115 Å². The number of carboxylic acid groups (broad SMARTS) is 1. The van der Waals surface area contributed by atoms with Crippen LogP contribution in [0.4, 0.5) is 10.5 Å². The minimum Gasteiger partial charge on any atom is -0.476 e. The molecule has 0 radical (unpaired) electrons. The van der Waals surface area contributed by atoms with Crippen molar-refractivity contribution in [1.29, 1.82) is 0 Å². The molecule has 1 saturated heterocycles. The van der Waals surface area contributed by atoms with Crippen molar-refractivity contribution in [2.75, 3.05) is 16.8 Å². The molecule has 0 atom stereocenters. The van der Waals surface area contributed by atoms with Crippen molar-refractivity contribution in [2.24, 2.45) is 0 Å². The second-order valence-corrected chi connectivity index (χ2v) is 5.41. The van der Waals surface area contributed by atoms with Crippen molar-refractivity contribution < 1.29 is 14.7 Å². The number of anilines is 1. The number of carboxylic acids is 1. The van der Waals surface area contributed by atoms with Crippen molar-refractivity contribution in [1.82, 2.24) is 10.3 Å². The lowest BCUT2D eigenvalue weighted by molar-refractivity contribution is 0.0692. The van der Waals surface area contributed by atoms with Crippen LogP contribution >= 0.6 is 11.8 Å². The molecule has 1 aromatic heterocycles. The Bertz CT molecular complexity index is 475. The van der Waals surface area contributed by atoms with Crippen molar-refractivity contribution >= 4 is 29.4 Å². The Morgan fingerprint density at radius 3 is 2.79 bits per heavy atom. The molecule has 2 rings (SSSR count). The van der Waals surface area contributed by atoms with Gasteiger partial charge in [-0.25, -0.2) is 14.6 Å². The molecule has 0 aliphatic carbocycles. The summed E-state index contributed by atoms with van der Waals surface area (Å²) in [6.07, 6.45) is 3.26. The minimum absolute atomic E-state index is 0.156. The van der Waals surface area contributed by atoms with E-state index < -0.39 is 5.97 Å². The fourth-order valence-electron chi connectivity index (χ4n) is 1.86. The highest BCUT2D eigenvalue weighted by atomic mass is 32.2. The summed E-state index contributed by atoms with van der Waals surface area (Å²) in [5.41, 5.74) is 0.0505. The maximum atomic E-state index is 11.8. The van der Waals surface area contributed by atoms with E-state index in [-0.39, 0.29) is 23.5 Å². The molecule has 7 heteroatoms. The smallest absolute Gasteiger partial charge is 0.356 e. The van der Waals surface area contributed by atoms with Gasteiger partial charge in [-0.15, -0.1) is 0 Å². The molecule has 3 N–H and O–H groups in total. The Morgan fingerprint density at radius 1 is 1.37 bits per heavy atom. The highest BCUT2D eigenvalue weighted by molar-refractivity contribution is 7.99. The average molecular weight is 281 g/mol. The Kier molecular flexibility index (Phi) is 4.62. The summed E-state index contributed by atoms with van der Waals surface area (Å²) in [7, 11) is 0. The first-order chi connectivity index (χ1) is 9.16. The Morgan fingerprint density at radius 2 is 2.11 bits per heavy atom. The molecule has 0 saturated carbocycles. The molecule has 19 heavy (non-hydrogen) atoms. The standard InChI is InChI=1S/C12H15N3O3S/c16-11(17)10-9(2-1-5-13-10)15-12(18)14-8-3-6-19-7-4-8/h1-2,5,8H,3-4,6-7H2,(H,16,17)(H2,14,15,18). The third-order valence-corrected chi connectivity index (χ3v) is 3.86. The topological polar surface area (TPSA) is 91.3 Å². The summed E-state index contributed by atoms with van der Waals surface area (Å²) in [4.78, 5) is 26.5. The van der Waals surface area contributed by atoms with E-state index in [4.69, 9.17) is 5.11 Å². The maximum Gasteiger partial charge on any atom is 0.356 e. The van der Waals surface area contributed by atoms with E-state index in [9.17, 15) is 9.59 Å². The molecule has 1 aliphatic rings. The quantitative estimate of drug-likeness (QED) is 0.785. The molecule has 2 amide bonds. The van der Waals surface area contributed by atoms with E-state index in [0.29, 0.717) is 0 Å². The number of hydrogen-bond acceptors (Lipinski definition) is 4. The zero-order chi connectivity index (χ0) is 13.7. The van der Waals surface area contributed by atoms with Crippen LogP contribution in [0.15, 0.2) is 18.3 Å². The molecule has 0 bridgehead atoms. The summed E-state index contributed by atoms with van der Waals surface area (Å²) in [6, 6.07) is 2.88. The molecule has 1 fully saturated rings. The summed E-state index contributed by atoms with van der Waals surface area (Å²) in [5.74, 6) is 0.918. The number of carbonyl (C=O) groups excluding carboxylic acids is 1. The van der Waals surface area contributed by atoms with Crippen molar-refractivity contribution in [2.45, 2.75) is 18.9 Å². The van der Waals surface area contributed by atoms with Crippen LogP contribution in [0, 0.1) is 0 Å². The molecule has 0 aromatic carbocycles. The van der Waals surface area contributed by atoms with Gasteiger partial charge in [0.2, 0.25) is 0 Å². The second kappa shape index (κ2) is 6.42. The predicted octanol–water partition coefficient (Wildman–Crippen LogP) is 1.80. The van der Waals surface area contributed by atoms with Crippen LogP contribution in [0.2, 0.25) is 0 Å². The number of aromatic carboxylic acids is 1. The summed E-state index contributed by atoms with van der Waals surface area (Å²) >= 11 is 1.88. The molecule has 0 spiro atoms. The van der Waals surface area contributed by atoms with Crippen molar-refractivity contribution in [3.05, 3.63) is 24.0 Å². The summed E-state index contributed by atoms with van der Waals surface area (Å²) < 4.78 is 0. The molecule has 1 aliphatic heterocycles. The van der Waals surface area contributed by atoms with Gasteiger partial charge in [0, 0.05) is 12.2 Å². The number of aromatic nitrogens is 1. The van der Waals surface area contributed by atoms with Crippen LogP contribution in [-0.4, -0.2) is 39.6 Å². The van der Waals surface area contributed by atoms with E-state index in [1.807, 2.05) is 11.8 Å². The second-order valence-electron chi connectivity index (χ2n) is 4.19. The molecular formula is C12H15N3O3S. The third-order valence-electron chi connectivity index (χ3n) is 2.82. The Balaban J connectivity index is 1.96. The number of carbonyl (C=O) groups is 2. The van der Waals surface area contributed by atoms with E-state index >= 15 is 0 Å². The first-order valence-corrected chi connectivity index (χ1v) is 7.16. The predicted molar refractivity (Wildman–Crippen MR) is 73.7 cm³/mol. The average Bonchev–Trinajstić information content (AvgIpc) is 2.40. The fraction of sp³-hybridized carbons (Fsp3) is 0.417. The maximum absolute atomic E-state index is 11.8. The van der Waals surface area contributed by atoms with Gasteiger partial charge in [-0.05, 0) is 36.5 Å². The van der Waals surface area contributed by atoms with Gasteiger partial charge < -0.3 is 15.7 Å². The Hall–Kier alpha value is -1.76. The molecule has 6 nitrogen and oxygen atoms in total. The van der Waals surface area contributed by atoms with E-state index in [1.54, 1.807) is 6.07 Å². The largest absolute Gasteiger partial charge is 0.476 e. The van der Waals surface area contributed by atoms with Gasteiger partial charge in [-0.2, -0.15) is 11.8 Å². The van der Waals surface area contributed by atoms with Crippen molar-refractivity contribution in [3.63, 3.8) is 0 Å². The number of thioether (sulfide) groups is 1. The van der Waals surface area contributed by atoms with Gasteiger partial charge in [0.05, 0.1) is 5.69 Å². The van der Waals surface area contributed by atoms with E-state index in [1.165, 1.54) is 12.3 Å². The van der Waals surface area contributed by atoms with Gasteiger partial charge in [0.15, 0.2) is 5.69 Å². The summed E-state index contributed by atoms with van der Waals surface area (Å²) in [6.45, 7) is 0. The van der Waals surface area contributed by atoms with Crippen LogP contribution in [-0.2, 0) is 0 Å². The highest BCUT2D eigenvalue weighted by Gasteiger charge is 2.18. The monoisotopic (exact) mass is 281 g/mol. The van der Waals surface area contributed by atoms with Gasteiger partial charge in [-0.3, -0.25) is 0 Å². The summed E-state index contributed by atoms with van der Waals surface area (Å²) in [5, 5.41) is 14.4. The number of nitrogens with zero attached hydrogens (tertiary/aromatic N) is 1. The molecule has 1 aromatic rings. The molecule has 2 heterocycles. The number of rotatable bonds is 3. The number of amides is 2. The van der Waals surface area contributed by atoms with Gasteiger partial charge >= 0.3 is 12.0 Å². The van der Waals surface area contributed by atoms with Gasteiger partial charge in [0.1, 0.15) is 0 Å². The SMILES string of the molecule is O=C(Nc1cccnc1C(=O)O)NC1CCSCC1. The highest BCUT2D eigenvalue weighted by Crippen LogP contribution is 2.17. The molecule has 0 unspecified atom stereocenters. The minimum atomic E-state index is -1.16. The zero-order valence-corrected chi connectivity index (χ0v) is 11.1.